The van der Waals surface area contributed by atoms with Crippen LogP contribution in [0.3, 0.4) is 0 Å². The molecular formula is C14H20N2O3S. The highest BCUT2D eigenvalue weighted by atomic mass is 32.2. The van der Waals surface area contributed by atoms with E-state index >= 15 is 0 Å². The van der Waals surface area contributed by atoms with E-state index in [2.05, 4.69) is 13.8 Å². The number of hydrogen-bond acceptors (Lipinski definition) is 3. The van der Waals surface area contributed by atoms with Crippen molar-refractivity contribution in [1.82, 2.24) is 4.57 Å². The number of fused-ring (bicyclic) bond motifs is 1. The molecule has 2 aromatic rings. The van der Waals surface area contributed by atoms with Crippen LogP contribution < -0.4 is 5.14 Å². The highest BCUT2D eigenvalue weighted by molar-refractivity contribution is 7.89. The summed E-state index contributed by atoms with van der Waals surface area (Å²) in [5.41, 5.74) is 0.852. The lowest BCUT2D eigenvalue weighted by Gasteiger charge is -2.08. The Morgan fingerprint density at radius 3 is 2.65 bits per heavy atom. The van der Waals surface area contributed by atoms with Crippen LogP contribution in [-0.2, 0) is 21.3 Å². The summed E-state index contributed by atoms with van der Waals surface area (Å²) >= 11 is 0. The molecule has 1 aromatic heterocycles. The van der Waals surface area contributed by atoms with E-state index in [1.54, 1.807) is 18.3 Å². The number of nitrogens with zero attached hydrogens (tertiary/aromatic N) is 1. The predicted octanol–water partition coefficient (Wildman–Crippen LogP) is 1.96. The maximum atomic E-state index is 11.6. The van der Waals surface area contributed by atoms with Crippen LogP contribution in [0.15, 0.2) is 35.4 Å². The van der Waals surface area contributed by atoms with E-state index in [1.807, 2.05) is 16.7 Å². The van der Waals surface area contributed by atoms with Gasteiger partial charge in [-0.05, 0) is 12.0 Å². The number of primary sulfonamides is 1. The SMILES string of the molecule is CC(C)COCCn1cc(S(N)(=O)=O)c2ccccc21. The number of ether oxygens (including phenoxy) is 1. The average Bonchev–Trinajstić information content (AvgIpc) is 2.73. The van der Waals surface area contributed by atoms with Crippen molar-refractivity contribution >= 4 is 20.9 Å². The minimum Gasteiger partial charge on any atom is -0.379 e. The average molecular weight is 296 g/mol. The topological polar surface area (TPSA) is 74.3 Å². The van der Waals surface area contributed by atoms with Crippen LogP contribution in [0.4, 0.5) is 0 Å². The van der Waals surface area contributed by atoms with Gasteiger partial charge in [-0.1, -0.05) is 32.0 Å². The van der Waals surface area contributed by atoms with Crippen LogP contribution in [0.5, 0.6) is 0 Å². The van der Waals surface area contributed by atoms with Gasteiger partial charge in [0, 0.05) is 30.3 Å². The van der Waals surface area contributed by atoms with E-state index in [1.165, 1.54) is 0 Å². The lowest BCUT2D eigenvalue weighted by atomic mass is 10.2. The standard InChI is InChI=1S/C14H20N2O3S/c1-11(2)10-19-8-7-16-9-14(20(15,17)18)12-5-3-4-6-13(12)16/h3-6,9,11H,7-8,10H2,1-2H3,(H2,15,17,18). The normalized spacial score (nSPS) is 12.4. The number of benzene rings is 1. The monoisotopic (exact) mass is 296 g/mol. The highest BCUT2D eigenvalue weighted by Crippen LogP contribution is 2.24. The van der Waals surface area contributed by atoms with E-state index in [4.69, 9.17) is 9.88 Å². The molecule has 0 spiro atoms. The first kappa shape index (κ1) is 15.0. The molecule has 0 amide bonds. The third-order valence-corrected chi connectivity index (χ3v) is 3.92. The van der Waals surface area contributed by atoms with E-state index in [0.29, 0.717) is 31.1 Å². The lowest BCUT2D eigenvalue weighted by Crippen LogP contribution is -2.12. The molecule has 0 radical (unpaired) electrons. The van der Waals surface area contributed by atoms with Gasteiger partial charge in [-0.15, -0.1) is 0 Å². The molecule has 2 rings (SSSR count). The summed E-state index contributed by atoms with van der Waals surface area (Å²) in [4.78, 5) is 0.164. The van der Waals surface area contributed by atoms with Crippen LogP contribution in [0.1, 0.15) is 13.8 Å². The Hall–Kier alpha value is -1.37. The number of nitrogens with two attached hydrogens (primary N) is 1. The molecule has 110 valence electrons. The van der Waals surface area contributed by atoms with Crippen molar-refractivity contribution in [2.75, 3.05) is 13.2 Å². The first-order valence-corrected chi connectivity index (χ1v) is 8.12. The molecule has 0 saturated heterocycles. The summed E-state index contributed by atoms with van der Waals surface area (Å²) in [6, 6.07) is 7.32. The van der Waals surface area contributed by atoms with Gasteiger partial charge in [-0.3, -0.25) is 0 Å². The largest absolute Gasteiger partial charge is 0.379 e. The number of para-hydroxylation sites is 1. The van der Waals surface area contributed by atoms with E-state index in [0.717, 1.165) is 5.52 Å². The maximum absolute atomic E-state index is 11.6. The van der Waals surface area contributed by atoms with E-state index < -0.39 is 10.0 Å². The predicted molar refractivity (Wildman–Crippen MR) is 79.0 cm³/mol. The van der Waals surface area contributed by atoms with Crippen molar-refractivity contribution in [3.63, 3.8) is 0 Å². The molecule has 2 N–H and O–H groups in total. The third kappa shape index (κ3) is 3.39. The molecule has 0 saturated carbocycles. The van der Waals surface area contributed by atoms with Gasteiger partial charge < -0.3 is 9.30 Å². The van der Waals surface area contributed by atoms with Gasteiger partial charge in [-0.2, -0.15) is 0 Å². The van der Waals surface area contributed by atoms with Gasteiger partial charge >= 0.3 is 0 Å². The Labute approximate surface area is 119 Å². The first-order valence-electron chi connectivity index (χ1n) is 6.58. The molecule has 0 fully saturated rings. The fourth-order valence-corrected chi connectivity index (χ4v) is 2.86. The third-order valence-electron chi connectivity index (χ3n) is 2.99. The molecule has 0 unspecified atom stereocenters. The molecule has 20 heavy (non-hydrogen) atoms. The lowest BCUT2D eigenvalue weighted by molar-refractivity contribution is 0.104. The molecule has 0 aliphatic heterocycles. The molecule has 1 aromatic carbocycles. The van der Waals surface area contributed by atoms with Crippen molar-refractivity contribution in [1.29, 1.82) is 0 Å². The fourth-order valence-electron chi connectivity index (χ4n) is 2.11. The summed E-state index contributed by atoms with van der Waals surface area (Å²) < 4.78 is 30.6. The molecule has 0 aliphatic rings. The zero-order valence-electron chi connectivity index (χ0n) is 11.7. The van der Waals surface area contributed by atoms with Gasteiger partial charge in [0.1, 0.15) is 4.90 Å². The smallest absolute Gasteiger partial charge is 0.240 e. The van der Waals surface area contributed by atoms with E-state index in [9.17, 15) is 8.42 Å². The fraction of sp³-hybridized carbons (Fsp3) is 0.429. The second kappa shape index (κ2) is 5.95. The van der Waals surface area contributed by atoms with E-state index in [-0.39, 0.29) is 4.90 Å². The Bertz CT molecular complexity index is 690. The number of hydrogen-bond donors (Lipinski definition) is 1. The minimum atomic E-state index is -3.71. The number of sulfonamides is 1. The Kier molecular flexibility index (Phi) is 4.47. The molecule has 6 heteroatoms. The second-order valence-corrected chi connectivity index (χ2v) is 6.75. The van der Waals surface area contributed by atoms with Crippen LogP contribution in [0.2, 0.25) is 0 Å². The van der Waals surface area contributed by atoms with Crippen molar-refractivity contribution in [3.8, 4) is 0 Å². The van der Waals surface area contributed by atoms with Crippen LogP contribution in [0.25, 0.3) is 10.9 Å². The van der Waals surface area contributed by atoms with Gasteiger partial charge in [0.2, 0.25) is 10.0 Å². The maximum Gasteiger partial charge on any atom is 0.240 e. The Morgan fingerprint density at radius 2 is 2.00 bits per heavy atom. The zero-order chi connectivity index (χ0) is 14.8. The quantitative estimate of drug-likeness (QED) is 0.828. The van der Waals surface area contributed by atoms with Crippen LogP contribution >= 0.6 is 0 Å². The van der Waals surface area contributed by atoms with Crippen LogP contribution in [-0.4, -0.2) is 26.2 Å². The molecule has 0 bridgehead atoms. The van der Waals surface area contributed by atoms with Crippen molar-refractivity contribution in [2.24, 2.45) is 11.1 Å². The Morgan fingerprint density at radius 1 is 1.30 bits per heavy atom. The molecule has 0 atom stereocenters. The van der Waals surface area contributed by atoms with Gasteiger partial charge in [0.05, 0.1) is 6.61 Å². The summed E-state index contributed by atoms with van der Waals surface area (Å²) in [6.07, 6.45) is 1.58. The first-order chi connectivity index (χ1) is 9.39. The number of rotatable bonds is 6. The summed E-state index contributed by atoms with van der Waals surface area (Å²) in [6.45, 7) is 6.01. The molecule has 0 aliphatic carbocycles. The Balaban J connectivity index is 2.26. The molecule has 1 heterocycles. The molecule has 5 nitrogen and oxygen atoms in total. The van der Waals surface area contributed by atoms with Crippen LogP contribution in [0, 0.1) is 5.92 Å². The summed E-state index contributed by atoms with van der Waals surface area (Å²) in [5.74, 6) is 0.483. The highest BCUT2D eigenvalue weighted by Gasteiger charge is 2.16. The van der Waals surface area contributed by atoms with Gasteiger partial charge in [0.15, 0.2) is 0 Å². The van der Waals surface area contributed by atoms with Crippen molar-refractivity contribution in [2.45, 2.75) is 25.3 Å². The van der Waals surface area contributed by atoms with Gasteiger partial charge in [0.25, 0.3) is 0 Å². The minimum absolute atomic E-state index is 0.164. The summed E-state index contributed by atoms with van der Waals surface area (Å²) in [5, 5.41) is 5.91. The zero-order valence-corrected chi connectivity index (χ0v) is 12.6. The second-order valence-electron chi connectivity index (χ2n) is 5.22. The summed E-state index contributed by atoms with van der Waals surface area (Å²) in [7, 11) is -3.71. The van der Waals surface area contributed by atoms with Crippen molar-refractivity contribution < 1.29 is 13.2 Å². The molecular weight excluding hydrogens is 276 g/mol. The van der Waals surface area contributed by atoms with Gasteiger partial charge in [-0.25, -0.2) is 13.6 Å². The number of aromatic nitrogens is 1. The van der Waals surface area contributed by atoms with Crippen molar-refractivity contribution in [3.05, 3.63) is 30.5 Å².